The minimum absolute atomic E-state index is 0.301. The highest BCUT2D eigenvalue weighted by Gasteiger charge is 2.35. The lowest BCUT2D eigenvalue weighted by atomic mass is 9.83. The van der Waals surface area contributed by atoms with Crippen molar-refractivity contribution < 1.29 is 9.53 Å². The van der Waals surface area contributed by atoms with Crippen LogP contribution in [0.1, 0.15) is 57.7 Å². The van der Waals surface area contributed by atoms with Crippen LogP contribution in [0.5, 0.6) is 0 Å². The predicted molar refractivity (Wildman–Crippen MR) is 112 cm³/mol. The molecule has 2 aromatic rings. The first-order valence-corrected chi connectivity index (χ1v) is 10.3. The van der Waals surface area contributed by atoms with E-state index in [-0.39, 0.29) is 6.09 Å². The summed E-state index contributed by atoms with van der Waals surface area (Å²) < 4.78 is 7.26. The molecule has 2 unspecified atom stereocenters. The van der Waals surface area contributed by atoms with Crippen molar-refractivity contribution in [1.82, 2.24) is 9.47 Å². The van der Waals surface area contributed by atoms with Crippen LogP contribution in [-0.2, 0) is 11.3 Å². The molecule has 4 heteroatoms. The quantitative estimate of drug-likeness (QED) is 0.709. The van der Waals surface area contributed by atoms with Gasteiger partial charge >= 0.3 is 6.09 Å². The zero-order valence-electron chi connectivity index (χ0n) is 17.1. The van der Waals surface area contributed by atoms with Crippen molar-refractivity contribution in [2.45, 2.75) is 70.7 Å². The molecule has 1 aromatic carbocycles. The predicted octanol–water partition coefficient (Wildman–Crippen LogP) is 5.48. The summed E-state index contributed by atoms with van der Waals surface area (Å²) in [6.45, 7) is 6.70. The highest BCUT2D eigenvalue weighted by Crippen LogP contribution is 2.38. The van der Waals surface area contributed by atoms with Crippen LogP contribution in [0, 0.1) is 0 Å². The molecule has 0 amide bonds. The molecule has 2 aliphatic heterocycles. The Bertz CT molecular complexity index is 860. The molecule has 0 N–H and O–H groups in total. The third-order valence-corrected chi connectivity index (χ3v) is 5.66. The molecule has 3 heterocycles. The van der Waals surface area contributed by atoms with Crippen molar-refractivity contribution in [3.8, 4) is 0 Å². The van der Waals surface area contributed by atoms with Gasteiger partial charge in [-0.25, -0.2) is 4.79 Å². The van der Waals surface area contributed by atoms with Gasteiger partial charge in [-0.1, -0.05) is 42.8 Å². The summed E-state index contributed by atoms with van der Waals surface area (Å²) in [5.74, 6) is 0. The molecule has 28 heavy (non-hydrogen) atoms. The van der Waals surface area contributed by atoms with E-state index in [0.717, 1.165) is 18.7 Å². The third kappa shape index (κ3) is 4.07. The molecule has 1 aromatic heterocycles. The molecular weight excluding hydrogens is 348 g/mol. The minimum atomic E-state index is -0.497. The standard InChI is InChI=1S/C24H30N2O2/c1-24(2,3)28-23(27)25-14-8-13-22(25)19-15-20-11-7-12-21(16-19)26(20)17-18-9-5-4-6-10-18/h4-6,8-10,13-15,20-21H,7,11-12,16-17H2,1-3H3. The Balaban J connectivity index is 1.58. The molecule has 0 aliphatic carbocycles. The van der Waals surface area contributed by atoms with Crippen LogP contribution >= 0.6 is 0 Å². The van der Waals surface area contributed by atoms with E-state index in [1.54, 1.807) is 4.57 Å². The number of aromatic nitrogens is 1. The van der Waals surface area contributed by atoms with E-state index < -0.39 is 5.60 Å². The van der Waals surface area contributed by atoms with Crippen LogP contribution < -0.4 is 0 Å². The van der Waals surface area contributed by atoms with Gasteiger partial charge in [-0.05, 0) is 63.3 Å². The Hall–Kier alpha value is -2.33. The van der Waals surface area contributed by atoms with Gasteiger partial charge in [0.15, 0.2) is 0 Å². The first kappa shape index (κ1) is 19.0. The van der Waals surface area contributed by atoms with Gasteiger partial charge in [0, 0.05) is 24.8 Å². The summed E-state index contributed by atoms with van der Waals surface area (Å²) >= 11 is 0. The monoisotopic (exact) mass is 378 g/mol. The first-order chi connectivity index (χ1) is 13.4. The molecule has 4 rings (SSSR count). The summed E-state index contributed by atoms with van der Waals surface area (Å²) in [6.07, 6.45) is 8.55. The Morgan fingerprint density at radius 2 is 1.89 bits per heavy atom. The third-order valence-electron chi connectivity index (χ3n) is 5.66. The van der Waals surface area contributed by atoms with Crippen LogP contribution in [0.3, 0.4) is 0 Å². The number of nitrogens with zero attached hydrogens (tertiary/aromatic N) is 2. The van der Waals surface area contributed by atoms with Crippen LogP contribution in [0.25, 0.3) is 5.57 Å². The van der Waals surface area contributed by atoms with Crippen molar-refractivity contribution in [1.29, 1.82) is 0 Å². The van der Waals surface area contributed by atoms with Gasteiger partial charge in [-0.15, -0.1) is 0 Å². The SMILES string of the molecule is CC(C)(C)OC(=O)n1cccc1C1=CC2CCCC(C1)N2Cc1ccccc1. The lowest BCUT2D eigenvalue weighted by Crippen LogP contribution is -2.47. The molecule has 2 bridgehead atoms. The number of carbonyl (C=O) groups is 1. The Labute approximate surface area is 167 Å². The van der Waals surface area contributed by atoms with E-state index in [1.807, 2.05) is 39.1 Å². The maximum absolute atomic E-state index is 12.6. The Morgan fingerprint density at radius 1 is 1.11 bits per heavy atom. The molecule has 0 saturated carbocycles. The van der Waals surface area contributed by atoms with Crippen molar-refractivity contribution in [2.75, 3.05) is 0 Å². The largest absolute Gasteiger partial charge is 0.443 e. The number of hydrogen-bond acceptors (Lipinski definition) is 3. The van der Waals surface area contributed by atoms with E-state index >= 15 is 0 Å². The number of carbonyl (C=O) groups excluding carboxylic acids is 1. The fourth-order valence-electron chi connectivity index (χ4n) is 4.46. The van der Waals surface area contributed by atoms with Crippen LogP contribution in [0.4, 0.5) is 4.79 Å². The van der Waals surface area contributed by atoms with Gasteiger partial charge < -0.3 is 4.74 Å². The van der Waals surface area contributed by atoms with Gasteiger partial charge in [0.05, 0.1) is 5.69 Å². The number of fused-ring (bicyclic) bond motifs is 2. The van der Waals surface area contributed by atoms with E-state index in [1.165, 1.54) is 30.4 Å². The summed E-state index contributed by atoms with van der Waals surface area (Å²) in [7, 11) is 0. The van der Waals surface area contributed by atoms with Crippen molar-refractivity contribution in [3.63, 3.8) is 0 Å². The maximum atomic E-state index is 12.6. The van der Waals surface area contributed by atoms with E-state index in [9.17, 15) is 4.79 Å². The fraction of sp³-hybridized carbons (Fsp3) is 0.458. The van der Waals surface area contributed by atoms with Crippen molar-refractivity contribution >= 4 is 11.7 Å². The Kier molecular flexibility index (Phi) is 5.15. The van der Waals surface area contributed by atoms with E-state index in [4.69, 9.17) is 4.74 Å². The molecule has 1 fully saturated rings. The second kappa shape index (κ2) is 7.59. The normalized spacial score (nSPS) is 22.6. The molecule has 1 saturated heterocycles. The lowest BCUT2D eigenvalue weighted by Gasteiger charge is -2.45. The molecule has 2 aliphatic rings. The average Bonchev–Trinajstić information content (AvgIpc) is 3.11. The van der Waals surface area contributed by atoms with Crippen LogP contribution in [0.2, 0.25) is 0 Å². The Morgan fingerprint density at radius 3 is 2.61 bits per heavy atom. The van der Waals surface area contributed by atoms with Crippen LogP contribution in [0.15, 0.2) is 54.7 Å². The van der Waals surface area contributed by atoms with Crippen molar-refractivity contribution in [3.05, 3.63) is 66.0 Å². The molecule has 0 spiro atoms. The maximum Gasteiger partial charge on any atom is 0.418 e. The van der Waals surface area contributed by atoms with Crippen LogP contribution in [-0.4, -0.2) is 33.2 Å². The molecular formula is C24H30N2O2. The number of benzene rings is 1. The second-order valence-electron chi connectivity index (χ2n) is 8.95. The van der Waals surface area contributed by atoms with Gasteiger partial charge in [0.1, 0.15) is 5.60 Å². The summed E-state index contributed by atoms with van der Waals surface area (Å²) in [4.78, 5) is 15.3. The van der Waals surface area contributed by atoms with Gasteiger partial charge in [0.2, 0.25) is 0 Å². The van der Waals surface area contributed by atoms with Crippen molar-refractivity contribution in [2.24, 2.45) is 0 Å². The molecule has 4 nitrogen and oxygen atoms in total. The summed E-state index contributed by atoms with van der Waals surface area (Å²) in [5, 5.41) is 0. The highest BCUT2D eigenvalue weighted by atomic mass is 16.6. The van der Waals surface area contributed by atoms with E-state index in [0.29, 0.717) is 12.1 Å². The second-order valence-corrected chi connectivity index (χ2v) is 8.95. The molecule has 2 atom stereocenters. The number of ether oxygens (including phenoxy) is 1. The number of piperidine rings is 1. The lowest BCUT2D eigenvalue weighted by molar-refractivity contribution is 0.0534. The van der Waals surface area contributed by atoms with E-state index in [2.05, 4.69) is 41.3 Å². The summed E-state index contributed by atoms with van der Waals surface area (Å²) in [5.41, 5.74) is 3.12. The molecule has 148 valence electrons. The van der Waals surface area contributed by atoms with Gasteiger partial charge in [-0.3, -0.25) is 9.47 Å². The van der Waals surface area contributed by atoms with Gasteiger partial charge in [-0.2, -0.15) is 0 Å². The average molecular weight is 379 g/mol. The highest BCUT2D eigenvalue weighted by molar-refractivity contribution is 5.78. The zero-order valence-corrected chi connectivity index (χ0v) is 17.1. The topological polar surface area (TPSA) is 34.5 Å². The minimum Gasteiger partial charge on any atom is -0.443 e. The first-order valence-electron chi connectivity index (χ1n) is 10.3. The smallest absolute Gasteiger partial charge is 0.418 e. The molecule has 0 radical (unpaired) electrons. The fourth-order valence-corrected chi connectivity index (χ4v) is 4.46. The zero-order chi connectivity index (χ0) is 19.7. The summed E-state index contributed by atoms with van der Waals surface area (Å²) in [6, 6.07) is 15.7. The number of hydrogen-bond donors (Lipinski definition) is 0. The van der Waals surface area contributed by atoms with Gasteiger partial charge in [0.25, 0.3) is 0 Å². The number of rotatable bonds is 3.